The van der Waals surface area contributed by atoms with Crippen LogP contribution in [0.5, 0.6) is 17.2 Å². The number of carbonyl (C=O) groups is 1. The minimum absolute atomic E-state index is 0.252. The number of amides is 1. The SMILES string of the molecule is CCOc1ccc(C(=O)Nc2ccc(OC)c(Cl)c2)cc1COc1ccccc1C(C)C. The Kier molecular flexibility index (Phi) is 8.01. The fourth-order valence-corrected chi connectivity index (χ4v) is 3.58. The van der Waals surface area contributed by atoms with Crippen molar-refractivity contribution in [1.82, 2.24) is 0 Å². The fraction of sp³-hybridized carbons (Fsp3) is 0.269. The molecule has 0 saturated carbocycles. The van der Waals surface area contributed by atoms with Gasteiger partial charge < -0.3 is 19.5 Å². The molecule has 0 atom stereocenters. The van der Waals surface area contributed by atoms with Crippen LogP contribution in [-0.2, 0) is 6.61 Å². The molecule has 3 aromatic rings. The Bertz CT molecular complexity index is 1080. The van der Waals surface area contributed by atoms with Crippen LogP contribution in [0.25, 0.3) is 0 Å². The molecule has 0 aliphatic heterocycles. The summed E-state index contributed by atoms with van der Waals surface area (Å²) in [6.07, 6.45) is 0. The topological polar surface area (TPSA) is 56.8 Å². The van der Waals surface area contributed by atoms with Crippen LogP contribution in [0.3, 0.4) is 0 Å². The number of rotatable bonds is 9. The number of methoxy groups -OCH3 is 1. The average Bonchev–Trinajstić information content (AvgIpc) is 2.78. The van der Waals surface area contributed by atoms with Crippen molar-refractivity contribution in [2.45, 2.75) is 33.3 Å². The molecule has 0 bridgehead atoms. The van der Waals surface area contributed by atoms with Gasteiger partial charge in [0.1, 0.15) is 23.9 Å². The zero-order valence-electron chi connectivity index (χ0n) is 18.8. The molecule has 1 amide bonds. The van der Waals surface area contributed by atoms with E-state index >= 15 is 0 Å². The minimum Gasteiger partial charge on any atom is -0.495 e. The normalized spacial score (nSPS) is 10.7. The molecule has 6 heteroatoms. The van der Waals surface area contributed by atoms with Crippen molar-refractivity contribution in [3.8, 4) is 17.2 Å². The van der Waals surface area contributed by atoms with E-state index in [1.165, 1.54) is 0 Å². The number of para-hydroxylation sites is 1. The van der Waals surface area contributed by atoms with Gasteiger partial charge in [0, 0.05) is 16.8 Å². The first-order chi connectivity index (χ1) is 15.4. The Labute approximate surface area is 194 Å². The maximum Gasteiger partial charge on any atom is 0.255 e. The summed E-state index contributed by atoms with van der Waals surface area (Å²) in [6, 6.07) is 18.4. The Morgan fingerprint density at radius 3 is 2.41 bits per heavy atom. The molecular weight excluding hydrogens is 426 g/mol. The van der Waals surface area contributed by atoms with E-state index in [1.54, 1.807) is 43.5 Å². The third-order valence-corrected chi connectivity index (χ3v) is 5.25. The monoisotopic (exact) mass is 453 g/mol. The van der Waals surface area contributed by atoms with E-state index in [0.29, 0.717) is 40.3 Å². The van der Waals surface area contributed by atoms with Crippen molar-refractivity contribution >= 4 is 23.2 Å². The third kappa shape index (κ3) is 5.74. The molecule has 0 aromatic heterocycles. The summed E-state index contributed by atoms with van der Waals surface area (Å²) in [5.41, 5.74) is 3.01. The highest BCUT2D eigenvalue weighted by Crippen LogP contribution is 2.30. The quantitative estimate of drug-likeness (QED) is 0.391. The summed E-state index contributed by atoms with van der Waals surface area (Å²) >= 11 is 6.16. The molecular formula is C26H28ClNO4. The predicted molar refractivity (Wildman–Crippen MR) is 128 cm³/mol. The second-order valence-electron chi connectivity index (χ2n) is 7.54. The molecule has 5 nitrogen and oxygen atoms in total. The van der Waals surface area contributed by atoms with Crippen LogP contribution in [0.2, 0.25) is 5.02 Å². The van der Waals surface area contributed by atoms with Gasteiger partial charge in [-0.15, -0.1) is 0 Å². The van der Waals surface area contributed by atoms with Crippen molar-refractivity contribution in [2.24, 2.45) is 0 Å². The molecule has 0 radical (unpaired) electrons. The number of anilines is 1. The van der Waals surface area contributed by atoms with Gasteiger partial charge in [-0.2, -0.15) is 0 Å². The lowest BCUT2D eigenvalue weighted by atomic mass is 10.0. The molecule has 3 rings (SSSR count). The van der Waals surface area contributed by atoms with E-state index < -0.39 is 0 Å². The van der Waals surface area contributed by atoms with Crippen LogP contribution < -0.4 is 19.5 Å². The summed E-state index contributed by atoms with van der Waals surface area (Å²) in [5, 5.41) is 3.29. The molecule has 32 heavy (non-hydrogen) atoms. The first-order valence-electron chi connectivity index (χ1n) is 10.5. The number of benzene rings is 3. The molecule has 0 aliphatic carbocycles. The summed E-state index contributed by atoms with van der Waals surface area (Å²) < 4.78 is 17.0. The van der Waals surface area contributed by atoms with Gasteiger partial charge in [0.15, 0.2) is 0 Å². The summed E-state index contributed by atoms with van der Waals surface area (Å²) in [5.74, 6) is 2.15. The van der Waals surface area contributed by atoms with Crippen LogP contribution in [0.1, 0.15) is 48.2 Å². The Hall–Kier alpha value is -3.18. The van der Waals surface area contributed by atoms with Gasteiger partial charge in [-0.1, -0.05) is 43.6 Å². The number of ether oxygens (including phenoxy) is 3. The first kappa shape index (κ1) is 23.5. The largest absolute Gasteiger partial charge is 0.495 e. The maximum atomic E-state index is 12.9. The number of carbonyl (C=O) groups excluding carboxylic acids is 1. The van der Waals surface area contributed by atoms with E-state index in [1.807, 2.05) is 25.1 Å². The molecule has 0 fully saturated rings. The summed E-state index contributed by atoms with van der Waals surface area (Å²) in [7, 11) is 1.54. The van der Waals surface area contributed by atoms with Gasteiger partial charge in [0.05, 0.1) is 18.7 Å². The van der Waals surface area contributed by atoms with Crippen molar-refractivity contribution in [2.75, 3.05) is 19.0 Å². The Morgan fingerprint density at radius 2 is 1.72 bits per heavy atom. The van der Waals surface area contributed by atoms with Crippen molar-refractivity contribution in [3.05, 3.63) is 82.4 Å². The maximum absolute atomic E-state index is 12.9. The summed E-state index contributed by atoms with van der Waals surface area (Å²) in [6.45, 7) is 6.99. The lowest BCUT2D eigenvalue weighted by Gasteiger charge is -2.16. The fourth-order valence-electron chi connectivity index (χ4n) is 3.32. The van der Waals surface area contributed by atoms with Gasteiger partial charge in [0.25, 0.3) is 5.91 Å². The van der Waals surface area contributed by atoms with Crippen molar-refractivity contribution in [3.63, 3.8) is 0 Å². The molecule has 1 N–H and O–H groups in total. The summed E-state index contributed by atoms with van der Waals surface area (Å²) in [4.78, 5) is 12.9. The Morgan fingerprint density at radius 1 is 0.969 bits per heavy atom. The zero-order valence-corrected chi connectivity index (χ0v) is 19.5. The van der Waals surface area contributed by atoms with E-state index in [0.717, 1.165) is 16.9 Å². The van der Waals surface area contributed by atoms with Crippen LogP contribution >= 0.6 is 11.6 Å². The van der Waals surface area contributed by atoms with E-state index in [9.17, 15) is 4.79 Å². The molecule has 0 saturated heterocycles. The molecule has 0 unspecified atom stereocenters. The van der Waals surface area contributed by atoms with Gasteiger partial charge >= 0.3 is 0 Å². The lowest BCUT2D eigenvalue weighted by molar-refractivity contribution is 0.102. The van der Waals surface area contributed by atoms with Crippen molar-refractivity contribution in [1.29, 1.82) is 0 Å². The van der Waals surface area contributed by atoms with Crippen LogP contribution in [0.4, 0.5) is 5.69 Å². The van der Waals surface area contributed by atoms with Gasteiger partial charge in [-0.25, -0.2) is 0 Å². The van der Waals surface area contributed by atoms with Crippen molar-refractivity contribution < 1.29 is 19.0 Å². The highest BCUT2D eigenvalue weighted by atomic mass is 35.5. The number of nitrogens with one attached hydrogen (secondary N) is 1. The number of hydrogen-bond acceptors (Lipinski definition) is 4. The zero-order chi connectivity index (χ0) is 23.1. The standard InChI is InChI=1S/C26H28ClNO4/c1-5-31-23-12-10-18(26(29)28-20-11-13-25(30-4)22(27)15-20)14-19(23)16-32-24-9-7-6-8-21(24)17(2)3/h6-15,17H,5,16H2,1-4H3,(H,28,29). The van der Waals surface area contributed by atoms with Crippen LogP contribution in [0, 0.1) is 0 Å². The molecule has 0 spiro atoms. The highest BCUT2D eigenvalue weighted by molar-refractivity contribution is 6.32. The third-order valence-electron chi connectivity index (χ3n) is 4.96. The number of halogens is 1. The highest BCUT2D eigenvalue weighted by Gasteiger charge is 2.14. The molecule has 0 heterocycles. The second kappa shape index (κ2) is 10.9. The van der Waals surface area contributed by atoms with Crippen LogP contribution in [-0.4, -0.2) is 19.6 Å². The van der Waals surface area contributed by atoms with Gasteiger partial charge in [-0.05, 0) is 60.9 Å². The number of hydrogen-bond donors (Lipinski definition) is 1. The lowest BCUT2D eigenvalue weighted by Crippen LogP contribution is -2.13. The van der Waals surface area contributed by atoms with E-state index in [-0.39, 0.29) is 12.5 Å². The average molecular weight is 454 g/mol. The second-order valence-corrected chi connectivity index (χ2v) is 7.95. The van der Waals surface area contributed by atoms with Gasteiger partial charge in [0.2, 0.25) is 0 Å². The molecule has 168 valence electrons. The minimum atomic E-state index is -0.252. The first-order valence-corrected chi connectivity index (χ1v) is 10.9. The predicted octanol–water partition coefficient (Wildman–Crippen LogP) is 6.70. The Balaban J connectivity index is 1.81. The van der Waals surface area contributed by atoms with E-state index in [2.05, 4.69) is 25.2 Å². The van der Waals surface area contributed by atoms with E-state index in [4.69, 9.17) is 25.8 Å². The van der Waals surface area contributed by atoms with Crippen LogP contribution in [0.15, 0.2) is 60.7 Å². The molecule has 0 aliphatic rings. The molecule has 3 aromatic carbocycles. The van der Waals surface area contributed by atoms with Gasteiger partial charge in [-0.3, -0.25) is 4.79 Å². The smallest absolute Gasteiger partial charge is 0.255 e.